The van der Waals surface area contributed by atoms with Gasteiger partial charge in [0.1, 0.15) is 5.75 Å². The molecule has 0 aromatic heterocycles. The van der Waals surface area contributed by atoms with E-state index in [0.29, 0.717) is 18.9 Å². The molecule has 0 radical (unpaired) electrons. The average Bonchev–Trinajstić information content (AvgIpc) is 2.62. The Morgan fingerprint density at radius 2 is 2.04 bits per heavy atom. The molecule has 1 aromatic carbocycles. The Balaban J connectivity index is 1.67. The molecule has 1 aromatic rings. The topological polar surface area (TPSA) is 79.5 Å². The van der Waals surface area contributed by atoms with Crippen molar-refractivity contribution >= 4 is 17.6 Å². The van der Waals surface area contributed by atoms with E-state index >= 15 is 0 Å². The molecule has 0 saturated carbocycles. The Bertz CT molecular complexity index is 614. The minimum atomic E-state index is -0.457. The van der Waals surface area contributed by atoms with E-state index in [9.17, 15) is 9.59 Å². The largest absolute Gasteiger partial charge is 0.492 e. The first-order valence-electron chi connectivity index (χ1n) is 8.90. The fourth-order valence-corrected chi connectivity index (χ4v) is 2.75. The number of ether oxygens (including phenoxy) is 1. The minimum absolute atomic E-state index is 0.00264. The number of hydrogen-bond donors (Lipinski definition) is 3. The van der Waals surface area contributed by atoms with Crippen LogP contribution in [0.1, 0.15) is 39.0 Å². The fraction of sp³-hybridized carbons (Fsp3) is 0.474. The molecule has 1 aliphatic carbocycles. The lowest BCUT2D eigenvalue weighted by Crippen LogP contribution is -2.42. The maximum Gasteiger partial charge on any atom is 0.321 e. The smallest absolute Gasteiger partial charge is 0.321 e. The van der Waals surface area contributed by atoms with Crippen molar-refractivity contribution in [3.8, 4) is 5.75 Å². The molecule has 3 N–H and O–H groups in total. The molecule has 6 heteroatoms. The lowest BCUT2D eigenvalue weighted by molar-refractivity contribution is -0.118. The third-order valence-corrected chi connectivity index (χ3v) is 4.00. The number of amides is 3. The molecule has 25 heavy (non-hydrogen) atoms. The molecule has 3 amide bonds. The Morgan fingerprint density at radius 1 is 1.20 bits per heavy atom. The van der Waals surface area contributed by atoms with Crippen molar-refractivity contribution in [2.24, 2.45) is 0 Å². The van der Waals surface area contributed by atoms with Gasteiger partial charge in [-0.2, -0.15) is 0 Å². The first-order valence-corrected chi connectivity index (χ1v) is 8.90. The highest BCUT2D eigenvalue weighted by molar-refractivity contribution is 5.96. The van der Waals surface area contributed by atoms with Crippen LogP contribution in [-0.4, -0.2) is 31.6 Å². The number of carbonyl (C=O) groups is 2. The molecule has 0 bridgehead atoms. The third-order valence-electron chi connectivity index (χ3n) is 4.00. The van der Waals surface area contributed by atoms with Gasteiger partial charge in [-0.15, -0.1) is 0 Å². The predicted molar refractivity (Wildman–Crippen MR) is 98.8 cm³/mol. The molecule has 1 aliphatic rings. The first kappa shape index (κ1) is 18.8. The molecule has 0 spiro atoms. The number of allylic oxidation sites excluding steroid dienone is 1. The highest BCUT2D eigenvalue weighted by Gasteiger charge is 2.09. The van der Waals surface area contributed by atoms with Gasteiger partial charge in [-0.05, 0) is 51.2 Å². The summed E-state index contributed by atoms with van der Waals surface area (Å²) < 4.78 is 5.48. The molecular formula is C19H27N3O3. The summed E-state index contributed by atoms with van der Waals surface area (Å²) in [5.74, 6) is 0.295. The number of imide groups is 1. The van der Waals surface area contributed by atoms with Crippen molar-refractivity contribution in [3.05, 3.63) is 35.9 Å². The molecule has 2 rings (SSSR count). The highest BCUT2D eigenvalue weighted by Crippen LogP contribution is 2.23. The van der Waals surface area contributed by atoms with Crippen molar-refractivity contribution in [1.82, 2.24) is 10.6 Å². The average molecular weight is 345 g/mol. The fourth-order valence-electron chi connectivity index (χ4n) is 2.75. The zero-order chi connectivity index (χ0) is 17.9. The van der Waals surface area contributed by atoms with Gasteiger partial charge in [-0.3, -0.25) is 10.1 Å². The Labute approximate surface area is 149 Å². The summed E-state index contributed by atoms with van der Waals surface area (Å²) in [5, 5.41) is 8.04. The third kappa shape index (κ3) is 6.87. The predicted octanol–water partition coefficient (Wildman–Crippen LogP) is 3.21. The van der Waals surface area contributed by atoms with E-state index in [4.69, 9.17) is 4.74 Å². The first-order chi connectivity index (χ1) is 12.2. The van der Waals surface area contributed by atoms with Crippen molar-refractivity contribution in [2.45, 2.75) is 39.0 Å². The lowest BCUT2D eigenvalue weighted by atomic mass is 9.97. The molecule has 0 atom stereocenters. The van der Waals surface area contributed by atoms with Gasteiger partial charge < -0.3 is 15.4 Å². The van der Waals surface area contributed by atoms with Gasteiger partial charge in [0, 0.05) is 6.54 Å². The normalized spacial score (nSPS) is 13.6. The van der Waals surface area contributed by atoms with Crippen LogP contribution in [0.3, 0.4) is 0 Å². The number of para-hydroxylation sites is 2. The van der Waals surface area contributed by atoms with Gasteiger partial charge in [0.25, 0.3) is 0 Å². The lowest BCUT2D eigenvalue weighted by Gasteiger charge is -2.13. The van der Waals surface area contributed by atoms with Crippen molar-refractivity contribution in [1.29, 1.82) is 0 Å². The summed E-state index contributed by atoms with van der Waals surface area (Å²) in [5.41, 5.74) is 2.12. The van der Waals surface area contributed by atoms with Crippen LogP contribution in [0.15, 0.2) is 35.9 Å². The van der Waals surface area contributed by atoms with Crippen LogP contribution in [0.25, 0.3) is 0 Å². The summed E-state index contributed by atoms with van der Waals surface area (Å²) in [6, 6.07) is 6.93. The number of carbonyl (C=O) groups excluding carboxylic acids is 2. The molecule has 0 heterocycles. The van der Waals surface area contributed by atoms with E-state index in [0.717, 1.165) is 24.9 Å². The molecule has 6 nitrogen and oxygen atoms in total. The van der Waals surface area contributed by atoms with E-state index in [1.807, 2.05) is 31.2 Å². The second-order valence-electron chi connectivity index (χ2n) is 5.94. The quantitative estimate of drug-likeness (QED) is 0.632. The molecule has 0 saturated heterocycles. The van der Waals surface area contributed by atoms with Crippen molar-refractivity contribution < 1.29 is 14.3 Å². The zero-order valence-electron chi connectivity index (χ0n) is 14.8. The number of hydrogen-bond acceptors (Lipinski definition) is 4. The molecule has 0 unspecified atom stereocenters. The van der Waals surface area contributed by atoms with Crippen LogP contribution in [-0.2, 0) is 4.79 Å². The Morgan fingerprint density at radius 3 is 2.80 bits per heavy atom. The SMILES string of the molecule is CCOc1ccccc1NCC(=O)NC(=O)NCCC1=CCCCC1. The van der Waals surface area contributed by atoms with Gasteiger partial charge in [0.15, 0.2) is 0 Å². The minimum Gasteiger partial charge on any atom is -0.492 e. The zero-order valence-corrected chi connectivity index (χ0v) is 14.8. The summed E-state index contributed by atoms with van der Waals surface area (Å²) >= 11 is 0. The monoisotopic (exact) mass is 345 g/mol. The van der Waals surface area contributed by atoms with Gasteiger partial charge in [-0.25, -0.2) is 4.79 Å². The second-order valence-corrected chi connectivity index (χ2v) is 5.94. The Kier molecular flexibility index (Phi) is 7.82. The molecule has 0 fully saturated rings. The highest BCUT2D eigenvalue weighted by atomic mass is 16.5. The summed E-state index contributed by atoms with van der Waals surface area (Å²) in [4.78, 5) is 23.6. The molecule has 136 valence electrons. The van der Waals surface area contributed by atoms with E-state index in [-0.39, 0.29) is 12.5 Å². The standard InChI is InChI=1S/C19H27N3O3/c1-2-25-17-11-7-6-10-16(17)21-14-18(23)22-19(24)20-13-12-15-8-4-3-5-9-15/h6-8,10-11,21H,2-5,9,12-14H2,1H3,(H2,20,22,23,24). The maximum atomic E-state index is 11.9. The Hall–Kier alpha value is -2.50. The van der Waals surface area contributed by atoms with E-state index < -0.39 is 6.03 Å². The number of benzene rings is 1. The van der Waals surface area contributed by atoms with Crippen molar-refractivity contribution in [2.75, 3.05) is 25.0 Å². The summed E-state index contributed by atoms with van der Waals surface area (Å²) in [6.07, 6.45) is 7.84. The van der Waals surface area contributed by atoms with Crippen LogP contribution in [0, 0.1) is 0 Å². The van der Waals surface area contributed by atoms with Gasteiger partial charge >= 0.3 is 6.03 Å². The van der Waals surface area contributed by atoms with Crippen LogP contribution < -0.4 is 20.7 Å². The van der Waals surface area contributed by atoms with Crippen LogP contribution in [0.4, 0.5) is 10.5 Å². The maximum absolute atomic E-state index is 11.9. The van der Waals surface area contributed by atoms with Crippen LogP contribution >= 0.6 is 0 Å². The number of rotatable bonds is 8. The number of nitrogens with one attached hydrogen (secondary N) is 3. The van der Waals surface area contributed by atoms with Crippen LogP contribution in [0.5, 0.6) is 5.75 Å². The van der Waals surface area contributed by atoms with E-state index in [1.165, 1.54) is 18.4 Å². The van der Waals surface area contributed by atoms with Gasteiger partial charge in [-0.1, -0.05) is 23.8 Å². The van der Waals surface area contributed by atoms with E-state index in [2.05, 4.69) is 22.0 Å². The number of anilines is 1. The van der Waals surface area contributed by atoms with Gasteiger partial charge in [0.2, 0.25) is 5.91 Å². The summed E-state index contributed by atoms with van der Waals surface area (Å²) in [6.45, 7) is 3.00. The molecular weight excluding hydrogens is 318 g/mol. The van der Waals surface area contributed by atoms with Crippen molar-refractivity contribution in [3.63, 3.8) is 0 Å². The van der Waals surface area contributed by atoms with E-state index in [1.54, 1.807) is 0 Å². The number of urea groups is 1. The van der Waals surface area contributed by atoms with Gasteiger partial charge in [0.05, 0.1) is 18.8 Å². The van der Waals surface area contributed by atoms with Crippen LogP contribution in [0.2, 0.25) is 0 Å². The summed E-state index contributed by atoms with van der Waals surface area (Å²) in [7, 11) is 0. The molecule has 0 aliphatic heterocycles. The second kappa shape index (κ2) is 10.4.